The Morgan fingerprint density at radius 3 is 2.59 bits per heavy atom. The van der Waals surface area contributed by atoms with E-state index in [-0.39, 0.29) is 12.3 Å². The van der Waals surface area contributed by atoms with E-state index < -0.39 is 0 Å². The van der Waals surface area contributed by atoms with Crippen molar-refractivity contribution in [2.75, 3.05) is 32.8 Å². The van der Waals surface area contributed by atoms with Gasteiger partial charge in [-0.2, -0.15) is 0 Å². The summed E-state index contributed by atoms with van der Waals surface area (Å²) in [7, 11) is 0. The van der Waals surface area contributed by atoms with Crippen molar-refractivity contribution >= 4 is 17.5 Å². The highest BCUT2D eigenvalue weighted by Gasteiger charge is 2.22. The van der Waals surface area contributed by atoms with E-state index >= 15 is 0 Å². The van der Waals surface area contributed by atoms with Crippen LogP contribution in [0.5, 0.6) is 5.88 Å². The van der Waals surface area contributed by atoms with Gasteiger partial charge in [-0.25, -0.2) is 9.97 Å². The molecule has 7 nitrogen and oxygen atoms in total. The third-order valence-electron chi connectivity index (χ3n) is 6.47. The fourth-order valence-electron chi connectivity index (χ4n) is 4.57. The number of pyridine rings is 1. The Balaban J connectivity index is 1.20. The average molecular weight is 458 g/mol. The number of hydrogen-bond donors (Lipinski definition) is 0. The summed E-state index contributed by atoms with van der Waals surface area (Å²) in [6.07, 6.45) is 13.1. The zero-order valence-electron chi connectivity index (χ0n) is 18.6. The third-order valence-corrected chi connectivity index (χ3v) is 6.79. The number of carbonyl (C=O) groups excluding carboxylic acids is 1. The lowest BCUT2D eigenvalue weighted by Crippen LogP contribution is -2.48. The van der Waals surface area contributed by atoms with Crippen molar-refractivity contribution in [1.82, 2.24) is 24.8 Å². The lowest BCUT2D eigenvalue weighted by Gasteiger charge is -2.34. The number of piperazine rings is 1. The molecule has 2 aliphatic rings. The lowest BCUT2D eigenvalue weighted by molar-refractivity contribution is -0.132. The molecule has 2 aromatic heterocycles. The Morgan fingerprint density at radius 1 is 1.03 bits per heavy atom. The minimum absolute atomic E-state index is 0.0459. The third kappa shape index (κ3) is 6.62. The van der Waals surface area contributed by atoms with Gasteiger partial charge in [0.25, 0.3) is 0 Å². The van der Waals surface area contributed by atoms with Crippen LogP contribution in [0.4, 0.5) is 0 Å². The average Bonchev–Trinajstić information content (AvgIpc) is 2.82. The standard InChI is InChI=1S/C24H32ClN5O2/c25-24-21(26-9-10-28-24)17-23(31)30-13-11-29(12-14-30)18-20-6-8-27-22(16-20)32-15-7-19-4-2-1-3-5-19/h6,8-10,16,19H,1-5,7,11-15,17-18H2. The highest BCUT2D eigenvalue weighted by atomic mass is 35.5. The fraction of sp³-hybridized carbons (Fsp3) is 0.583. The van der Waals surface area contributed by atoms with E-state index in [9.17, 15) is 4.79 Å². The molecule has 0 spiro atoms. The number of rotatable bonds is 8. The van der Waals surface area contributed by atoms with Crippen LogP contribution >= 0.6 is 11.6 Å². The van der Waals surface area contributed by atoms with Gasteiger partial charge in [-0.15, -0.1) is 0 Å². The van der Waals surface area contributed by atoms with E-state index in [0.717, 1.165) is 38.6 Å². The molecule has 4 rings (SSSR count). The molecule has 0 atom stereocenters. The molecule has 172 valence electrons. The maximum absolute atomic E-state index is 12.6. The van der Waals surface area contributed by atoms with E-state index in [0.29, 0.717) is 29.8 Å². The Bertz CT molecular complexity index is 882. The summed E-state index contributed by atoms with van der Waals surface area (Å²) in [6.45, 7) is 4.65. The van der Waals surface area contributed by atoms with Crippen LogP contribution < -0.4 is 4.74 Å². The zero-order chi connectivity index (χ0) is 22.2. The fourth-order valence-corrected chi connectivity index (χ4v) is 4.74. The second kappa shape index (κ2) is 11.6. The van der Waals surface area contributed by atoms with Crippen molar-refractivity contribution in [3.63, 3.8) is 0 Å². The van der Waals surface area contributed by atoms with Crippen LogP contribution in [-0.2, 0) is 17.8 Å². The first-order chi connectivity index (χ1) is 15.7. The van der Waals surface area contributed by atoms with Gasteiger partial charge >= 0.3 is 0 Å². The predicted octanol–water partition coefficient (Wildman–Crippen LogP) is 3.76. The molecular weight excluding hydrogens is 426 g/mol. The van der Waals surface area contributed by atoms with Gasteiger partial charge in [0.2, 0.25) is 11.8 Å². The van der Waals surface area contributed by atoms with Crippen LogP contribution in [0.15, 0.2) is 30.7 Å². The number of carbonyl (C=O) groups is 1. The SMILES string of the molecule is O=C(Cc1nccnc1Cl)N1CCN(Cc2ccnc(OCCC3CCCCC3)c2)CC1. The lowest BCUT2D eigenvalue weighted by atomic mass is 9.87. The molecule has 32 heavy (non-hydrogen) atoms. The van der Waals surface area contributed by atoms with Gasteiger partial charge in [0, 0.05) is 57.4 Å². The Morgan fingerprint density at radius 2 is 1.81 bits per heavy atom. The van der Waals surface area contributed by atoms with Crippen LogP contribution in [0.3, 0.4) is 0 Å². The molecule has 1 saturated heterocycles. The summed E-state index contributed by atoms with van der Waals surface area (Å²) < 4.78 is 5.95. The van der Waals surface area contributed by atoms with Gasteiger partial charge in [0.05, 0.1) is 18.7 Å². The van der Waals surface area contributed by atoms with Crippen molar-refractivity contribution in [1.29, 1.82) is 0 Å². The number of aromatic nitrogens is 3. The first-order valence-corrected chi connectivity index (χ1v) is 12.1. The van der Waals surface area contributed by atoms with Crippen LogP contribution in [0.1, 0.15) is 49.8 Å². The molecule has 0 N–H and O–H groups in total. The van der Waals surface area contributed by atoms with E-state index in [4.69, 9.17) is 16.3 Å². The Hall–Kier alpha value is -2.25. The summed E-state index contributed by atoms with van der Waals surface area (Å²) in [4.78, 5) is 29.4. The molecule has 1 saturated carbocycles. The molecule has 0 radical (unpaired) electrons. The summed E-state index contributed by atoms with van der Waals surface area (Å²) in [5.74, 6) is 1.58. The maximum Gasteiger partial charge on any atom is 0.228 e. The van der Waals surface area contributed by atoms with Crippen molar-refractivity contribution in [3.05, 3.63) is 47.1 Å². The first kappa shape index (κ1) is 22.9. The number of hydrogen-bond acceptors (Lipinski definition) is 6. The molecule has 1 aliphatic carbocycles. The van der Waals surface area contributed by atoms with E-state index in [2.05, 4.69) is 25.9 Å². The molecule has 3 heterocycles. The number of halogens is 1. The minimum atomic E-state index is 0.0459. The van der Waals surface area contributed by atoms with E-state index in [1.165, 1.54) is 43.9 Å². The maximum atomic E-state index is 12.6. The number of ether oxygens (including phenoxy) is 1. The minimum Gasteiger partial charge on any atom is -0.478 e. The molecular formula is C24H32ClN5O2. The monoisotopic (exact) mass is 457 g/mol. The summed E-state index contributed by atoms with van der Waals surface area (Å²) in [5.41, 5.74) is 1.73. The molecule has 8 heteroatoms. The molecule has 2 aromatic rings. The van der Waals surface area contributed by atoms with Crippen molar-refractivity contribution in [2.24, 2.45) is 5.92 Å². The van der Waals surface area contributed by atoms with Gasteiger partial charge < -0.3 is 9.64 Å². The van der Waals surface area contributed by atoms with E-state index in [1.807, 2.05) is 17.2 Å². The smallest absolute Gasteiger partial charge is 0.228 e. The van der Waals surface area contributed by atoms with Gasteiger partial charge in [-0.1, -0.05) is 43.7 Å². The highest BCUT2D eigenvalue weighted by Crippen LogP contribution is 2.26. The second-order valence-corrected chi connectivity index (χ2v) is 9.13. The number of amides is 1. The number of nitrogens with zero attached hydrogens (tertiary/aromatic N) is 5. The van der Waals surface area contributed by atoms with E-state index in [1.54, 1.807) is 6.20 Å². The molecule has 1 aliphatic heterocycles. The topological polar surface area (TPSA) is 71.5 Å². The van der Waals surface area contributed by atoms with Crippen molar-refractivity contribution < 1.29 is 9.53 Å². The van der Waals surface area contributed by atoms with Crippen LogP contribution in [0.25, 0.3) is 0 Å². The first-order valence-electron chi connectivity index (χ1n) is 11.7. The Kier molecular flexibility index (Phi) is 8.29. The molecule has 0 aromatic carbocycles. The van der Waals surface area contributed by atoms with Crippen LogP contribution in [0.2, 0.25) is 5.15 Å². The van der Waals surface area contributed by atoms with Gasteiger partial charge in [0.15, 0.2) is 5.15 Å². The van der Waals surface area contributed by atoms with Crippen LogP contribution in [0, 0.1) is 5.92 Å². The van der Waals surface area contributed by atoms with Gasteiger partial charge in [-0.3, -0.25) is 14.7 Å². The Labute approximate surface area is 195 Å². The summed E-state index contributed by atoms with van der Waals surface area (Å²) in [5, 5.41) is 0.300. The highest BCUT2D eigenvalue weighted by molar-refractivity contribution is 6.30. The predicted molar refractivity (Wildman–Crippen MR) is 124 cm³/mol. The molecule has 1 amide bonds. The zero-order valence-corrected chi connectivity index (χ0v) is 19.3. The quantitative estimate of drug-likeness (QED) is 0.601. The second-order valence-electron chi connectivity index (χ2n) is 8.77. The van der Waals surface area contributed by atoms with Crippen LogP contribution in [-0.4, -0.2) is 63.4 Å². The summed E-state index contributed by atoms with van der Waals surface area (Å²) >= 11 is 6.04. The van der Waals surface area contributed by atoms with Gasteiger partial charge in [-0.05, 0) is 24.0 Å². The molecule has 0 unspecified atom stereocenters. The summed E-state index contributed by atoms with van der Waals surface area (Å²) in [6, 6.07) is 4.09. The van der Waals surface area contributed by atoms with Crippen molar-refractivity contribution in [3.8, 4) is 5.88 Å². The molecule has 0 bridgehead atoms. The molecule has 2 fully saturated rings. The van der Waals surface area contributed by atoms with Crippen molar-refractivity contribution in [2.45, 2.75) is 51.5 Å². The largest absolute Gasteiger partial charge is 0.478 e. The normalized spacial score (nSPS) is 18.0. The van der Waals surface area contributed by atoms with Gasteiger partial charge in [0.1, 0.15) is 0 Å².